The van der Waals surface area contributed by atoms with Crippen LogP contribution in [0.5, 0.6) is 17.2 Å². The van der Waals surface area contributed by atoms with Crippen molar-refractivity contribution in [2.45, 2.75) is 12.7 Å². The van der Waals surface area contributed by atoms with Crippen LogP contribution in [0.4, 0.5) is 17.6 Å². The highest BCUT2D eigenvalue weighted by molar-refractivity contribution is 6.32. The molecule has 0 unspecified atom stereocenters. The molecule has 0 spiro atoms. The van der Waals surface area contributed by atoms with Crippen molar-refractivity contribution in [2.75, 3.05) is 0 Å². The van der Waals surface area contributed by atoms with Crippen molar-refractivity contribution in [2.24, 2.45) is 0 Å². The molecule has 0 radical (unpaired) electrons. The molecular weight excluding hydrogens is 579 g/mol. The lowest BCUT2D eigenvalue weighted by Gasteiger charge is -2.13. The number of aromatic amines is 1. The van der Waals surface area contributed by atoms with E-state index in [0.29, 0.717) is 0 Å². The molecule has 14 heteroatoms. The third-order valence-electron chi connectivity index (χ3n) is 5.32. The molecule has 3 aromatic carbocycles. The Hall–Kier alpha value is -4.78. The van der Waals surface area contributed by atoms with E-state index in [1.165, 1.54) is 48.5 Å². The number of alkyl halides is 3. The number of carbonyl (C=O) groups excluding carboxylic acids is 2. The molecule has 0 aliphatic carbocycles. The number of nitrogens with zero attached hydrogens (tertiary/aromatic N) is 2. The molecule has 8 nitrogen and oxygen atoms in total. The van der Waals surface area contributed by atoms with Gasteiger partial charge in [-0.25, -0.2) is 9.18 Å². The maximum atomic E-state index is 15.3. The molecule has 202 valence electrons. The van der Waals surface area contributed by atoms with Gasteiger partial charge in [0.25, 0.3) is 5.91 Å². The summed E-state index contributed by atoms with van der Waals surface area (Å²) in [5, 5.41) is 20.4. The number of hydrogen-bond donors (Lipinski definition) is 2. The number of rotatable bonds is 6. The molecule has 4 rings (SSSR count). The van der Waals surface area contributed by atoms with Crippen LogP contribution in [0.25, 0.3) is 10.9 Å². The SMILES string of the molecule is N#Cc1cc(Cl)cc(Oc2c(Cl)ccc(CNC(=O)c3[nH]c4cc(C#N)ccc4c3OC(=O)C(F)(F)F)c2F)c1. The molecule has 0 fully saturated rings. The minimum Gasteiger partial charge on any atom is -0.453 e. The number of fused-ring (bicyclic) bond motifs is 1. The van der Waals surface area contributed by atoms with E-state index in [1.807, 2.05) is 12.1 Å². The molecule has 0 atom stereocenters. The van der Waals surface area contributed by atoms with Crippen molar-refractivity contribution < 1.29 is 36.6 Å². The monoisotopic (exact) mass is 590 g/mol. The number of esters is 1. The van der Waals surface area contributed by atoms with Crippen LogP contribution in [0.15, 0.2) is 48.5 Å². The molecule has 0 bridgehead atoms. The third kappa shape index (κ3) is 5.94. The van der Waals surface area contributed by atoms with Crippen molar-refractivity contribution in [1.82, 2.24) is 10.3 Å². The number of nitrogens with one attached hydrogen (secondary N) is 2. The van der Waals surface area contributed by atoms with E-state index < -0.39 is 47.6 Å². The third-order valence-corrected chi connectivity index (χ3v) is 5.84. The first kappa shape index (κ1) is 28.2. The lowest BCUT2D eigenvalue weighted by Crippen LogP contribution is -2.29. The molecule has 0 saturated heterocycles. The Morgan fingerprint density at radius 1 is 0.975 bits per heavy atom. The molecule has 40 heavy (non-hydrogen) atoms. The van der Waals surface area contributed by atoms with E-state index in [-0.39, 0.29) is 43.4 Å². The van der Waals surface area contributed by atoms with Gasteiger partial charge >= 0.3 is 12.1 Å². The minimum atomic E-state index is -5.36. The Balaban J connectivity index is 1.63. The van der Waals surface area contributed by atoms with E-state index in [9.17, 15) is 22.8 Å². The zero-order chi connectivity index (χ0) is 29.2. The molecule has 1 heterocycles. The Morgan fingerprint density at radius 3 is 2.38 bits per heavy atom. The van der Waals surface area contributed by atoms with Crippen LogP contribution >= 0.6 is 23.2 Å². The van der Waals surface area contributed by atoms with Gasteiger partial charge in [0.15, 0.2) is 17.3 Å². The van der Waals surface area contributed by atoms with Crippen molar-refractivity contribution in [3.8, 4) is 29.4 Å². The topological polar surface area (TPSA) is 128 Å². The van der Waals surface area contributed by atoms with Crippen molar-refractivity contribution in [3.63, 3.8) is 0 Å². The van der Waals surface area contributed by atoms with Crippen LogP contribution in [-0.2, 0) is 11.3 Å². The maximum absolute atomic E-state index is 15.3. The first-order chi connectivity index (χ1) is 18.9. The van der Waals surface area contributed by atoms with Gasteiger partial charge in [0, 0.05) is 22.5 Å². The summed E-state index contributed by atoms with van der Waals surface area (Å²) in [6, 6.07) is 13.9. The summed E-state index contributed by atoms with van der Waals surface area (Å²) in [5.74, 6) is -5.76. The minimum absolute atomic E-state index is 0.0111. The fourth-order valence-corrected chi connectivity index (χ4v) is 3.94. The lowest BCUT2D eigenvalue weighted by atomic mass is 10.1. The smallest absolute Gasteiger partial charge is 0.453 e. The highest BCUT2D eigenvalue weighted by Gasteiger charge is 2.42. The number of ether oxygens (including phenoxy) is 2. The van der Waals surface area contributed by atoms with Crippen LogP contribution in [0.3, 0.4) is 0 Å². The summed E-state index contributed by atoms with van der Waals surface area (Å²) < 4.78 is 63.9. The summed E-state index contributed by atoms with van der Waals surface area (Å²) >= 11 is 12.0. The fraction of sp³-hybridized carbons (Fsp3) is 0.0769. The second-order valence-corrected chi connectivity index (χ2v) is 8.85. The van der Waals surface area contributed by atoms with E-state index in [0.717, 1.165) is 0 Å². The summed E-state index contributed by atoms with van der Waals surface area (Å²) in [7, 11) is 0. The van der Waals surface area contributed by atoms with Crippen LogP contribution < -0.4 is 14.8 Å². The van der Waals surface area contributed by atoms with E-state index in [2.05, 4.69) is 15.0 Å². The maximum Gasteiger partial charge on any atom is 0.491 e. The Morgan fingerprint density at radius 2 is 1.70 bits per heavy atom. The summed E-state index contributed by atoms with van der Waals surface area (Å²) in [5.41, 5.74) is -0.402. The number of nitriles is 2. The molecule has 0 aliphatic heterocycles. The first-order valence-corrected chi connectivity index (χ1v) is 11.6. The zero-order valence-electron chi connectivity index (χ0n) is 19.6. The van der Waals surface area contributed by atoms with E-state index in [1.54, 1.807) is 0 Å². The number of carbonyl (C=O) groups is 2. The average Bonchev–Trinajstić information content (AvgIpc) is 3.26. The van der Waals surface area contributed by atoms with Gasteiger partial charge < -0.3 is 19.8 Å². The summed E-state index contributed by atoms with van der Waals surface area (Å²) in [4.78, 5) is 27.0. The van der Waals surface area contributed by atoms with Crippen molar-refractivity contribution in [1.29, 1.82) is 10.5 Å². The number of benzene rings is 3. The fourth-order valence-electron chi connectivity index (χ4n) is 3.53. The molecule has 4 aromatic rings. The van der Waals surface area contributed by atoms with Crippen molar-refractivity contribution >= 4 is 46.0 Å². The largest absolute Gasteiger partial charge is 0.491 e. The van der Waals surface area contributed by atoms with Crippen LogP contribution in [0.1, 0.15) is 27.2 Å². The quantitative estimate of drug-likeness (QED) is 0.194. The summed E-state index contributed by atoms with van der Waals surface area (Å²) in [6.45, 7) is -0.497. The first-order valence-electron chi connectivity index (χ1n) is 10.9. The molecular formula is C26H12Cl2F4N4O4. The van der Waals surface area contributed by atoms with Crippen molar-refractivity contribution in [3.05, 3.63) is 86.8 Å². The Kier molecular flexibility index (Phi) is 7.86. The van der Waals surface area contributed by atoms with Gasteiger partial charge in [0.1, 0.15) is 11.4 Å². The van der Waals surface area contributed by atoms with Gasteiger partial charge in [-0.05, 0) is 42.5 Å². The van der Waals surface area contributed by atoms with Crippen LogP contribution in [0, 0.1) is 28.5 Å². The molecule has 0 aliphatic rings. The highest BCUT2D eigenvalue weighted by atomic mass is 35.5. The lowest BCUT2D eigenvalue weighted by molar-refractivity contribution is -0.189. The second-order valence-electron chi connectivity index (χ2n) is 8.01. The van der Waals surface area contributed by atoms with Gasteiger partial charge in [-0.1, -0.05) is 29.3 Å². The summed E-state index contributed by atoms with van der Waals surface area (Å²) in [6.07, 6.45) is -5.36. The van der Waals surface area contributed by atoms with Gasteiger partial charge in [-0.15, -0.1) is 0 Å². The normalized spacial score (nSPS) is 11.0. The number of amides is 1. The van der Waals surface area contributed by atoms with Gasteiger partial charge in [0.05, 0.1) is 33.8 Å². The Bertz CT molecular complexity index is 1760. The van der Waals surface area contributed by atoms with E-state index >= 15 is 4.39 Å². The standard InChI is InChI=1S/C26H12Cl2F4N4O4/c27-15-5-13(10-34)6-16(8-15)39-23-18(28)4-2-14(20(23)29)11-35-24(37)21-22(40-25(38)26(30,31)32)17-3-1-12(9-33)7-19(17)36-21/h1-8,36H,11H2,(H,35,37). The zero-order valence-corrected chi connectivity index (χ0v) is 21.1. The van der Waals surface area contributed by atoms with Gasteiger partial charge in [-0.2, -0.15) is 23.7 Å². The van der Waals surface area contributed by atoms with Gasteiger partial charge in [-0.3, -0.25) is 4.79 Å². The van der Waals surface area contributed by atoms with Crippen LogP contribution in [0.2, 0.25) is 10.0 Å². The molecule has 0 saturated carbocycles. The van der Waals surface area contributed by atoms with Gasteiger partial charge in [0.2, 0.25) is 0 Å². The molecule has 1 amide bonds. The molecule has 2 N–H and O–H groups in total. The van der Waals surface area contributed by atoms with E-state index in [4.69, 9.17) is 38.5 Å². The number of halogens is 6. The predicted octanol–water partition coefficient (Wildman–Crippen LogP) is 6.55. The Labute approximate surface area is 232 Å². The molecule has 1 aromatic heterocycles. The van der Waals surface area contributed by atoms with Crippen LogP contribution in [-0.4, -0.2) is 23.0 Å². The predicted molar refractivity (Wildman–Crippen MR) is 134 cm³/mol. The number of hydrogen-bond acceptors (Lipinski definition) is 6. The highest BCUT2D eigenvalue weighted by Crippen LogP contribution is 2.36. The number of aromatic nitrogens is 1. The second kappa shape index (κ2) is 11.1. The average molecular weight is 591 g/mol. The number of H-pyrrole nitrogens is 1.